The van der Waals surface area contributed by atoms with Crippen LogP contribution in [0.3, 0.4) is 0 Å². The Labute approximate surface area is 113 Å². The fraction of sp³-hybridized carbons (Fsp3) is 0.400. The fourth-order valence-corrected chi connectivity index (χ4v) is 1.71. The first-order valence-corrected chi connectivity index (χ1v) is 6.37. The smallest absolute Gasteiger partial charge is 0.123 e. The second-order valence-electron chi connectivity index (χ2n) is 5.43. The minimum absolute atomic E-state index is 0.132. The molecule has 0 amide bonds. The van der Waals surface area contributed by atoms with Gasteiger partial charge < -0.3 is 4.74 Å². The summed E-state index contributed by atoms with van der Waals surface area (Å²) in [6.07, 6.45) is 1.91. The molecule has 0 spiro atoms. The number of hydrogen-bond donors (Lipinski definition) is 0. The van der Waals surface area contributed by atoms with Crippen molar-refractivity contribution in [2.45, 2.75) is 32.9 Å². The molecule has 0 fully saturated rings. The molecule has 1 heterocycles. The van der Waals surface area contributed by atoms with Gasteiger partial charge in [0.25, 0.3) is 0 Å². The molecule has 2 aromatic rings. The highest BCUT2D eigenvalue weighted by atomic mass is 19.1. The average molecular weight is 262 g/mol. The number of nitrogens with zero attached hydrogens (tertiary/aromatic N) is 2. The lowest BCUT2D eigenvalue weighted by Crippen LogP contribution is -2.22. The summed E-state index contributed by atoms with van der Waals surface area (Å²) in [6.45, 7) is 7.41. The Kier molecular flexibility index (Phi) is 4.00. The van der Waals surface area contributed by atoms with E-state index in [1.165, 1.54) is 12.1 Å². The van der Waals surface area contributed by atoms with Crippen LogP contribution in [0.2, 0.25) is 0 Å². The molecule has 0 aliphatic heterocycles. The monoisotopic (exact) mass is 262 g/mol. The van der Waals surface area contributed by atoms with Crippen LogP contribution in [0, 0.1) is 5.82 Å². The van der Waals surface area contributed by atoms with Crippen molar-refractivity contribution in [1.82, 2.24) is 9.78 Å². The van der Waals surface area contributed by atoms with Gasteiger partial charge in [-0.25, -0.2) is 4.39 Å². The van der Waals surface area contributed by atoms with Crippen molar-refractivity contribution in [1.29, 1.82) is 0 Å². The number of aromatic nitrogens is 2. The van der Waals surface area contributed by atoms with E-state index in [0.29, 0.717) is 13.2 Å². The Morgan fingerprint density at radius 3 is 2.47 bits per heavy atom. The van der Waals surface area contributed by atoms with Crippen LogP contribution in [-0.4, -0.2) is 22.0 Å². The Balaban J connectivity index is 1.97. The van der Waals surface area contributed by atoms with Gasteiger partial charge in [-0.3, -0.25) is 4.68 Å². The summed E-state index contributed by atoms with van der Waals surface area (Å²) in [5.74, 6) is -0.234. The second kappa shape index (κ2) is 5.53. The van der Waals surface area contributed by atoms with E-state index in [1.54, 1.807) is 12.1 Å². The molecule has 0 N–H and O–H groups in total. The van der Waals surface area contributed by atoms with Crippen molar-refractivity contribution in [3.8, 4) is 11.3 Å². The number of rotatable bonds is 4. The van der Waals surface area contributed by atoms with Crippen LogP contribution in [0.5, 0.6) is 0 Å². The molecular formula is C15H19FN2O. The van der Waals surface area contributed by atoms with Crippen molar-refractivity contribution in [3.05, 3.63) is 42.3 Å². The van der Waals surface area contributed by atoms with Crippen LogP contribution in [0.1, 0.15) is 20.8 Å². The van der Waals surface area contributed by atoms with E-state index in [1.807, 2.05) is 37.7 Å². The normalized spacial score (nSPS) is 11.8. The van der Waals surface area contributed by atoms with Crippen LogP contribution >= 0.6 is 0 Å². The zero-order chi connectivity index (χ0) is 13.9. The molecular weight excluding hydrogens is 243 g/mol. The standard InChI is InChI=1S/C15H19FN2O/c1-15(2,3)19-11-10-18-9-8-14(17-18)12-4-6-13(16)7-5-12/h4-9H,10-11H2,1-3H3. The molecule has 19 heavy (non-hydrogen) atoms. The predicted octanol–water partition coefficient (Wildman–Crippen LogP) is 3.50. The Morgan fingerprint density at radius 1 is 1.16 bits per heavy atom. The van der Waals surface area contributed by atoms with Crippen LogP contribution in [-0.2, 0) is 11.3 Å². The molecule has 3 nitrogen and oxygen atoms in total. The quantitative estimate of drug-likeness (QED) is 0.843. The Bertz CT molecular complexity index is 526. The number of benzene rings is 1. The molecule has 0 saturated carbocycles. The lowest BCUT2D eigenvalue weighted by molar-refractivity contribution is -0.00787. The van der Waals surface area contributed by atoms with Gasteiger partial charge in [-0.2, -0.15) is 5.10 Å². The van der Waals surface area contributed by atoms with Crippen molar-refractivity contribution >= 4 is 0 Å². The molecule has 0 atom stereocenters. The molecule has 1 aromatic carbocycles. The third-order valence-corrected chi connectivity index (χ3v) is 2.64. The third-order valence-electron chi connectivity index (χ3n) is 2.64. The first-order valence-electron chi connectivity index (χ1n) is 6.37. The lowest BCUT2D eigenvalue weighted by atomic mass is 10.1. The predicted molar refractivity (Wildman–Crippen MR) is 73.3 cm³/mol. The molecule has 1 aromatic heterocycles. The third kappa shape index (κ3) is 4.17. The molecule has 0 bridgehead atoms. The van der Waals surface area contributed by atoms with E-state index < -0.39 is 0 Å². The van der Waals surface area contributed by atoms with Gasteiger partial charge in [-0.15, -0.1) is 0 Å². The summed E-state index contributed by atoms with van der Waals surface area (Å²) in [7, 11) is 0. The van der Waals surface area contributed by atoms with Gasteiger partial charge in [0.05, 0.1) is 24.4 Å². The summed E-state index contributed by atoms with van der Waals surface area (Å²) in [6, 6.07) is 8.26. The highest BCUT2D eigenvalue weighted by Crippen LogP contribution is 2.17. The Hall–Kier alpha value is -1.68. The van der Waals surface area contributed by atoms with Gasteiger partial charge in [0.15, 0.2) is 0 Å². The number of halogens is 1. The highest BCUT2D eigenvalue weighted by Gasteiger charge is 2.09. The van der Waals surface area contributed by atoms with Gasteiger partial charge in [-0.1, -0.05) is 0 Å². The SMILES string of the molecule is CC(C)(C)OCCn1ccc(-c2ccc(F)cc2)n1. The highest BCUT2D eigenvalue weighted by molar-refractivity contribution is 5.58. The molecule has 0 radical (unpaired) electrons. The minimum atomic E-state index is -0.234. The molecule has 0 aliphatic carbocycles. The van der Waals surface area contributed by atoms with E-state index >= 15 is 0 Å². The van der Waals surface area contributed by atoms with Gasteiger partial charge in [0.2, 0.25) is 0 Å². The van der Waals surface area contributed by atoms with Crippen molar-refractivity contribution in [3.63, 3.8) is 0 Å². The maximum Gasteiger partial charge on any atom is 0.123 e. The number of ether oxygens (including phenoxy) is 1. The zero-order valence-electron chi connectivity index (χ0n) is 11.6. The molecule has 102 valence electrons. The summed E-state index contributed by atoms with van der Waals surface area (Å²) in [5, 5.41) is 4.44. The maximum atomic E-state index is 12.8. The summed E-state index contributed by atoms with van der Waals surface area (Å²) in [5.41, 5.74) is 1.63. The first-order chi connectivity index (χ1) is 8.94. The molecule has 0 saturated heterocycles. The maximum absolute atomic E-state index is 12.8. The fourth-order valence-electron chi connectivity index (χ4n) is 1.71. The molecule has 4 heteroatoms. The van der Waals surface area contributed by atoms with Gasteiger partial charge in [-0.05, 0) is 51.1 Å². The summed E-state index contributed by atoms with van der Waals surface area (Å²) >= 11 is 0. The molecule has 2 rings (SSSR count). The zero-order valence-corrected chi connectivity index (χ0v) is 11.6. The van der Waals surface area contributed by atoms with Crippen molar-refractivity contribution < 1.29 is 9.13 Å². The van der Waals surface area contributed by atoms with E-state index in [4.69, 9.17) is 4.74 Å². The molecule has 0 aliphatic rings. The average Bonchev–Trinajstić information content (AvgIpc) is 2.77. The van der Waals surface area contributed by atoms with E-state index in [0.717, 1.165) is 11.3 Å². The van der Waals surface area contributed by atoms with Crippen LogP contribution in [0.4, 0.5) is 4.39 Å². The van der Waals surface area contributed by atoms with Crippen LogP contribution in [0.25, 0.3) is 11.3 Å². The Morgan fingerprint density at radius 2 is 1.84 bits per heavy atom. The topological polar surface area (TPSA) is 27.1 Å². The van der Waals surface area contributed by atoms with Gasteiger partial charge in [0.1, 0.15) is 5.82 Å². The van der Waals surface area contributed by atoms with Crippen molar-refractivity contribution in [2.75, 3.05) is 6.61 Å². The summed E-state index contributed by atoms with van der Waals surface area (Å²) < 4.78 is 20.3. The largest absolute Gasteiger partial charge is 0.374 e. The first kappa shape index (κ1) is 13.7. The van der Waals surface area contributed by atoms with E-state index in [2.05, 4.69) is 5.10 Å². The van der Waals surface area contributed by atoms with Crippen LogP contribution < -0.4 is 0 Å². The lowest BCUT2D eigenvalue weighted by Gasteiger charge is -2.19. The second-order valence-corrected chi connectivity index (χ2v) is 5.43. The van der Waals surface area contributed by atoms with Gasteiger partial charge >= 0.3 is 0 Å². The van der Waals surface area contributed by atoms with E-state index in [-0.39, 0.29) is 11.4 Å². The van der Waals surface area contributed by atoms with Crippen molar-refractivity contribution in [2.24, 2.45) is 0 Å². The van der Waals surface area contributed by atoms with Crippen LogP contribution in [0.15, 0.2) is 36.5 Å². The number of hydrogen-bond acceptors (Lipinski definition) is 2. The van der Waals surface area contributed by atoms with Gasteiger partial charge in [0, 0.05) is 11.8 Å². The minimum Gasteiger partial charge on any atom is -0.374 e. The molecule has 0 unspecified atom stereocenters. The summed E-state index contributed by atoms with van der Waals surface area (Å²) in [4.78, 5) is 0. The van der Waals surface area contributed by atoms with E-state index in [9.17, 15) is 4.39 Å².